The average molecular weight is 331 g/mol. The molecule has 0 amide bonds. The number of nitrogens with zero attached hydrogens (tertiary/aromatic N) is 2. The second kappa shape index (κ2) is 6.90. The Hall–Kier alpha value is -1.91. The molecule has 0 rings (SSSR count). The van der Waals surface area contributed by atoms with Crippen LogP contribution < -0.4 is 11.1 Å². The third kappa shape index (κ3) is 5.84. The van der Waals surface area contributed by atoms with E-state index in [1.54, 1.807) is 5.32 Å². The van der Waals surface area contributed by atoms with Gasteiger partial charge in [0.25, 0.3) is 0 Å². The molecule has 0 aromatic carbocycles. The molecule has 0 heterocycles. The Bertz CT molecular complexity index is 476. The van der Waals surface area contributed by atoms with E-state index in [1.807, 2.05) is 0 Å². The normalized spacial score (nSPS) is 18.0. The molecule has 5 nitrogen and oxygen atoms in total. The maximum absolute atomic E-state index is 12.7. The number of rotatable bonds is 4. The van der Waals surface area contributed by atoms with Crippen molar-refractivity contribution in [2.24, 2.45) is 15.7 Å². The van der Waals surface area contributed by atoms with E-state index in [0.29, 0.717) is 12.4 Å². The Balaban J connectivity index is 5.74. The number of nitrogens with two attached hydrogens (primary N) is 1. The average Bonchev–Trinajstić information content (AvgIpc) is 2.32. The zero-order valence-electron chi connectivity index (χ0n) is 11.7. The fraction of sp³-hybridized carbons (Fsp3) is 0.545. The van der Waals surface area contributed by atoms with Gasteiger partial charge in [-0.15, -0.1) is 0 Å². The summed E-state index contributed by atoms with van der Waals surface area (Å²) < 4.78 is 74.8. The molecular weight excluding hydrogens is 316 g/mol. The molecular formula is C11H15F6N5. The van der Waals surface area contributed by atoms with Crippen LogP contribution in [0.15, 0.2) is 22.8 Å². The Morgan fingerprint density at radius 3 is 2.05 bits per heavy atom. The molecule has 0 fully saturated rings. The van der Waals surface area contributed by atoms with E-state index in [9.17, 15) is 26.3 Å². The number of aliphatic imine (C=N–C) groups is 2. The van der Waals surface area contributed by atoms with Gasteiger partial charge >= 0.3 is 12.4 Å². The van der Waals surface area contributed by atoms with Crippen molar-refractivity contribution >= 4 is 17.9 Å². The van der Waals surface area contributed by atoms with E-state index in [0.717, 1.165) is 6.92 Å². The Morgan fingerprint density at radius 2 is 1.73 bits per heavy atom. The summed E-state index contributed by atoms with van der Waals surface area (Å²) in [6.07, 6.45) is -8.74. The van der Waals surface area contributed by atoms with Crippen LogP contribution in [-0.4, -0.2) is 41.8 Å². The lowest BCUT2D eigenvalue weighted by Gasteiger charge is -2.26. The number of hydrogen-bond acceptors (Lipinski definition) is 3. The number of alkyl halides is 6. The predicted octanol–water partition coefficient (Wildman–Crippen LogP) is 2.40. The van der Waals surface area contributed by atoms with Crippen LogP contribution in [0.3, 0.4) is 0 Å². The SMILES string of the molecule is C=CNC(=NC(C)(C=NC(=N)C(F)(F)F)[C@@H](C)N)C(F)(F)F. The molecule has 0 aliphatic rings. The maximum atomic E-state index is 12.7. The lowest BCUT2D eigenvalue weighted by Crippen LogP contribution is -2.47. The maximum Gasteiger partial charge on any atom is 0.450 e. The largest absolute Gasteiger partial charge is 0.450 e. The molecule has 4 N–H and O–H groups in total. The van der Waals surface area contributed by atoms with Crippen LogP contribution in [0.4, 0.5) is 26.3 Å². The molecule has 0 saturated heterocycles. The minimum absolute atomic E-state index is 0.462. The molecule has 0 saturated carbocycles. The van der Waals surface area contributed by atoms with Gasteiger partial charge in [-0.05, 0) is 20.0 Å². The summed E-state index contributed by atoms with van der Waals surface area (Å²) in [7, 11) is 0. The highest BCUT2D eigenvalue weighted by Gasteiger charge is 2.40. The lowest BCUT2D eigenvalue weighted by atomic mass is 9.96. The van der Waals surface area contributed by atoms with Gasteiger partial charge in [0.15, 0.2) is 0 Å². The zero-order chi connectivity index (χ0) is 17.8. The first-order valence-electron chi connectivity index (χ1n) is 5.75. The standard InChI is InChI=1S/C11H15F6N5/c1-4-20-8(11(15,16)17)22-9(3,6(2)18)5-21-7(19)10(12,13)14/h4-6,19H,1,18H2,2-3H3,(H,20,22)/t6-,9?/m1/s1. The summed E-state index contributed by atoms with van der Waals surface area (Å²) in [6.45, 7) is 5.36. The van der Waals surface area contributed by atoms with Gasteiger partial charge in [0.2, 0.25) is 11.7 Å². The van der Waals surface area contributed by atoms with Crippen molar-refractivity contribution < 1.29 is 26.3 Å². The van der Waals surface area contributed by atoms with E-state index in [2.05, 4.69) is 16.6 Å². The number of halogens is 6. The van der Waals surface area contributed by atoms with Crippen LogP contribution in [-0.2, 0) is 0 Å². The highest BCUT2D eigenvalue weighted by Crippen LogP contribution is 2.22. The molecule has 0 aromatic rings. The summed E-state index contributed by atoms with van der Waals surface area (Å²) in [5.74, 6) is -3.47. The van der Waals surface area contributed by atoms with Gasteiger partial charge in [0.1, 0.15) is 5.54 Å². The molecule has 0 aromatic heterocycles. The summed E-state index contributed by atoms with van der Waals surface area (Å²) >= 11 is 0. The molecule has 22 heavy (non-hydrogen) atoms. The Labute approximate surface area is 122 Å². The van der Waals surface area contributed by atoms with Gasteiger partial charge < -0.3 is 11.1 Å². The topological polar surface area (TPSA) is 86.6 Å². The molecule has 11 heteroatoms. The minimum atomic E-state index is -5.02. The molecule has 0 aliphatic carbocycles. The van der Waals surface area contributed by atoms with Crippen LogP contribution in [0.5, 0.6) is 0 Å². The van der Waals surface area contributed by atoms with Crippen LogP contribution in [0.1, 0.15) is 13.8 Å². The monoisotopic (exact) mass is 331 g/mol. The first-order valence-corrected chi connectivity index (χ1v) is 5.75. The molecule has 0 aliphatic heterocycles. The summed E-state index contributed by atoms with van der Waals surface area (Å²) in [5.41, 5.74) is 3.56. The van der Waals surface area contributed by atoms with Crippen LogP contribution in [0.25, 0.3) is 0 Å². The first-order chi connectivity index (χ1) is 9.74. The van der Waals surface area contributed by atoms with Crippen molar-refractivity contribution in [1.29, 1.82) is 5.41 Å². The van der Waals surface area contributed by atoms with Crippen molar-refractivity contribution in [3.63, 3.8) is 0 Å². The number of nitrogens with one attached hydrogen (secondary N) is 2. The third-order valence-electron chi connectivity index (χ3n) is 2.51. The van der Waals surface area contributed by atoms with Crippen molar-refractivity contribution in [2.45, 2.75) is 37.8 Å². The lowest BCUT2D eigenvalue weighted by molar-refractivity contribution is -0.0623. The van der Waals surface area contributed by atoms with Crippen LogP contribution >= 0.6 is 0 Å². The van der Waals surface area contributed by atoms with Gasteiger partial charge in [0.05, 0.1) is 0 Å². The Morgan fingerprint density at radius 1 is 1.23 bits per heavy atom. The number of amidine groups is 2. The summed E-state index contributed by atoms with van der Waals surface area (Å²) in [6, 6.07) is -1.11. The minimum Gasteiger partial charge on any atom is -0.343 e. The highest BCUT2D eigenvalue weighted by molar-refractivity contribution is 5.95. The number of hydrogen-bond donors (Lipinski definition) is 3. The fourth-order valence-electron chi connectivity index (χ4n) is 1.03. The van der Waals surface area contributed by atoms with Gasteiger partial charge in [-0.1, -0.05) is 6.58 Å². The first kappa shape index (κ1) is 20.1. The predicted molar refractivity (Wildman–Crippen MR) is 71.2 cm³/mol. The van der Waals surface area contributed by atoms with E-state index in [-0.39, 0.29) is 0 Å². The van der Waals surface area contributed by atoms with Gasteiger partial charge in [0, 0.05) is 12.3 Å². The molecule has 0 bridgehead atoms. The summed E-state index contributed by atoms with van der Waals surface area (Å²) in [5, 5.41) is 8.43. The molecule has 1 unspecified atom stereocenters. The van der Waals surface area contributed by atoms with E-state index >= 15 is 0 Å². The molecule has 0 spiro atoms. The van der Waals surface area contributed by atoms with E-state index in [1.165, 1.54) is 6.92 Å². The zero-order valence-corrected chi connectivity index (χ0v) is 11.7. The summed E-state index contributed by atoms with van der Waals surface area (Å²) in [4.78, 5) is 6.10. The van der Waals surface area contributed by atoms with Gasteiger partial charge in [-0.3, -0.25) is 10.4 Å². The third-order valence-corrected chi connectivity index (χ3v) is 2.51. The second-order valence-electron chi connectivity index (χ2n) is 4.43. The van der Waals surface area contributed by atoms with Gasteiger partial charge in [-0.25, -0.2) is 4.99 Å². The van der Waals surface area contributed by atoms with Crippen LogP contribution in [0.2, 0.25) is 0 Å². The second-order valence-corrected chi connectivity index (χ2v) is 4.43. The molecule has 0 radical (unpaired) electrons. The van der Waals surface area contributed by atoms with Crippen molar-refractivity contribution in [1.82, 2.24) is 5.32 Å². The van der Waals surface area contributed by atoms with Crippen molar-refractivity contribution in [2.75, 3.05) is 0 Å². The quantitative estimate of drug-likeness (QED) is 0.420. The van der Waals surface area contributed by atoms with Crippen LogP contribution in [0, 0.1) is 5.41 Å². The fourth-order valence-corrected chi connectivity index (χ4v) is 1.03. The van der Waals surface area contributed by atoms with E-state index < -0.39 is 35.6 Å². The van der Waals surface area contributed by atoms with E-state index in [4.69, 9.17) is 11.1 Å². The Kier molecular flexibility index (Phi) is 6.30. The molecule has 2 atom stereocenters. The highest BCUT2D eigenvalue weighted by atomic mass is 19.4. The van der Waals surface area contributed by atoms with Crippen molar-refractivity contribution in [3.05, 3.63) is 12.8 Å². The van der Waals surface area contributed by atoms with Gasteiger partial charge in [-0.2, -0.15) is 26.3 Å². The van der Waals surface area contributed by atoms with Crippen molar-refractivity contribution in [3.8, 4) is 0 Å². The molecule has 126 valence electrons. The smallest absolute Gasteiger partial charge is 0.343 e.